The number of carboxylic acid groups (broad SMARTS) is 2. The summed E-state index contributed by atoms with van der Waals surface area (Å²) < 4.78 is 0. The van der Waals surface area contributed by atoms with Gasteiger partial charge in [0.15, 0.2) is 0 Å². The normalized spacial score (nSPS) is 19.2. The zero-order valence-electron chi connectivity index (χ0n) is 15.2. The highest BCUT2D eigenvalue weighted by atomic mass is 16.4. The maximum atomic E-state index is 11.3. The first-order chi connectivity index (χ1) is 11.3. The molecule has 0 aromatic heterocycles. The van der Waals surface area contributed by atoms with Gasteiger partial charge in [-0.05, 0) is 13.8 Å². The van der Waals surface area contributed by atoms with Crippen LogP contribution >= 0.6 is 0 Å². The van der Waals surface area contributed by atoms with Crippen LogP contribution in [-0.4, -0.2) is 101 Å². The number of rotatable bonds is 6. The van der Waals surface area contributed by atoms with Gasteiger partial charge in [-0.2, -0.15) is 0 Å². The average Bonchev–Trinajstić information content (AvgIpc) is 2.60. The van der Waals surface area contributed by atoms with Crippen molar-refractivity contribution in [1.29, 1.82) is 0 Å². The molecule has 1 heterocycles. The molecule has 1 fully saturated rings. The predicted octanol–water partition coefficient (Wildman–Crippen LogP) is 0.0789. The first-order valence-electron chi connectivity index (χ1n) is 8.42. The Hall–Kier alpha value is -1.51. The molecule has 24 heavy (non-hydrogen) atoms. The largest absolute Gasteiger partial charge is 0.480 e. The summed E-state index contributed by atoms with van der Waals surface area (Å²) in [7, 11) is 0. The zero-order chi connectivity index (χ0) is 18.7. The molecule has 0 saturated carbocycles. The van der Waals surface area contributed by atoms with Crippen molar-refractivity contribution in [1.82, 2.24) is 14.7 Å². The van der Waals surface area contributed by atoms with Gasteiger partial charge in [0.25, 0.3) is 0 Å². The molecule has 0 aromatic carbocycles. The molecule has 0 radical (unpaired) electrons. The summed E-state index contributed by atoms with van der Waals surface area (Å²) in [6, 6.07) is -0.635. The van der Waals surface area contributed by atoms with E-state index in [-0.39, 0.29) is 12.3 Å². The number of hydrogen-bond acceptors (Lipinski definition) is 6. The van der Waals surface area contributed by atoms with E-state index in [4.69, 9.17) is 5.11 Å². The third-order valence-electron chi connectivity index (χ3n) is 3.85. The van der Waals surface area contributed by atoms with E-state index in [1.165, 1.54) is 6.92 Å². The summed E-state index contributed by atoms with van der Waals surface area (Å²) in [6.07, 6.45) is 0. The molecule has 0 amide bonds. The maximum absolute atomic E-state index is 11.3. The first-order valence-corrected chi connectivity index (χ1v) is 8.42. The summed E-state index contributed by atoms with van der Waals surface area (Å²) >= 11 is 0. The molecule has 0 aromatic rings. The molecule has 0 spiro atoms. The van der Waals surface area contributed by atoms with Crippen molar-refractivity contribution in [3.05, 3.63) is 0 Å². The quantitative estimate of drug-likeness (QED) is 0.698. The Balaban J connectivity index is 0.00000254. The molecule has 8 nitrogen and oxygen atoms in total. The Bertz CT molecular complexity index is 389. The van der Waals surface area contributed by atoms with Crippen LogP contribution in [0.1, 0.15) is 27.7 Å². The number of hydrogen-bond donors (Lipinski definition) is 2. The molecule has 0 bridgehead atoms. The van der Waals surface area contributed by atoms with Crippen LogP contribution < -0.4 is 0 Å². The molecular weight excluding hydrogens is 314 g/mol. The van der Waals surface area contributed by atoms with Gasteiger partial charge in [-0.15, -0.1) is 0 Å². The molecular formula is C16H31N3O5. The smallest absolute Gasteiger partial charge is 0.320 e. The fourth-order valence-electron chi connectivity index (χ4n) is 2.52. The van der Waals surface area contributed by atoms with Crippen molar-refractivity contribution in [3.63, 3.8) is 0 Å². The van der Waals surface area contributed by atoms with Crippen molar-refractivity contribution >= 4 is 17.7 Å². The van der Waals surface area contributed by atoms with E-state index in [1.54, 1.807) is 11.8 Å². The number of carbonyl (C=O) groups excluding carboxylic acids is 1. The Morgan fingerprint density at radius 1 is 0.875 bits per heavy atom. The van der Waals surface area contributed by atoms with E-state index < -0.39 is 18.0 Å². The van der Waals surface area contributed by atoms with Crippen molar-refractivity contribution in [2.45, 2.75) is 33.7 Å². The minimum absolute atomic E-state index is 0.0434. The fourth-order valence-corrected chi connectivity index (χ4v) is 2.52. The number of Topliss-reactive ketones (excluding diaryl/α,β-unsaturated/α-hetero) is 1. The van der Waals surface area contributed by atoms with Crippen molar-refractivity contribution < 1.29 is 24.6 Å². The lowest BCUT2D eigenvalue weighted by Crippen LogP contribution is -2.45. The molecule has 1 atom stereocenters. The lowest BCUT2D eigenvalue weighted by atomic mass is 10.2. The van der Waals surface area contributed by atoms with Crippen molar-refractivity contribution in [3.8, 4) is 0 Å². The van der Waals surface area contributed by atoms with Gasteiger partial charge in [0, 0.05) is 39.3 Å². The minimum atomic E-state index is -0.907. The van der Waals surface area contributed by atoms with E-state index in [2.05, 4.69) is 0 Å². The van der Waals surface area contributed by atoms with Gasteiger partial charge < -0.3 is 10.2 Å². The van der Waals surface area contributed by atoms with Crippen LogP contribution in [-0.2, 0) is 14.4 Å². The second-order valence-corrected chi connectivity index (χ2v) is 5.70. The molecule has 1 saturated heterocycles. The molecule has 1 rings (SSSR count). The van der Waals surface area contributed by atoms with Gasteiger partial charge in [0.05, 0.1) is 13.1 Å². The highest BCUT2D eigenvalue weighted by Crippen LogP contribution is 2.05. The number of nitrogens with zero attached hydrogens (tertiary/aromatic N) is 3. The van der Waals surface area contributed by atoms with Crippen LogP contribution in [0.4, 0.5) is 0 Å². The third kappa shape index (κ3) is 8.95. The van der Waals surface area contributed by atoms with E-state index in [0.717, 1.165) is 0 Å². The molecule has 2 N–H and O–H groups in total. The van der Waals surface area contributed by atoms with Crippen LogP contribution in [0.25, 0.3) is 0 Å². The second kappa shape index (κ2) is 11.9. The van der Waals surface area contributed by atoms with Gasteiger partial charge in [-0.1, -0.05) is 13.8 Å². The Morgan fingerprint density at radius 2 is 1.29 bits per heavy atom. The van der Waals surface area contributed by atoms with Gasteiger partial charge in [0.1, 0.15) is 11.8 Å². The van der Waals surface area contributed by atoms with Crippen LogP contribution in [0.2, 0.25) is 0 Å². The predicted molar refractivity (Wildman–Crippen MR) is 91.2 cm³/mol. The van der Waals surface area contributed by atoms with Crippen molar-refractivity contribution in [2.24, 2.45) is 0 Å². The molecule has 1 aliphatic rings. The van der Waals surface area contributed by atoms with Gasteiger partial charge in [-0.3, -0.25) is 29.1 Å². The van der Waals surface area contributed by atoms with Gasteiger partial charge >= 0.3 is 11.9 Å². The lowest BCUT2D eigenvalue weighted by molar-refractivity contribution is -0.143. The fraction of sp³-hybridized carbons (Fsp3) is 0.812. The van der Waals surface area contributed by atoms with Crippen LogP contribution in [0, 0.1) is 0 Å². The summed E-state index contributed by atoms with van der Waals surface area (Å²) in [6.45, 7) is 10.6. The standard InChI is InChI=1S/C14H25N3O5.C2H6/c1-11(18)9-15-3-4-16(10-13(19)20)6-8-17(7-5-15)12(2)14(21)22;1-2/h12H,3-10H2,1-2H3,(H,19,20)(H,21,22);1-2H3. The van der Waals surface area contributed by atoms with Crippen molar-refractivity contribution in [2.75, 3.05) is 52.4 Å². The summed E-state index contributed by atoms with van der Waals surface area (Å²) in [4.78, 5) is 39.0. The summed E-state index contributed by atoms with van der Waals surface area (Å²) in [5.74, 6) is -1.76. The van der Waals surface area contributed by atoms with Crippen LogP contribution in [0.5, 0.6) is 0 Å². The molecule has 1 unspecified atom stereocenters. The highest BCUT2D eigenvalue weighted by molar-refractivity contribution is 5.77. The van der Waals surface area contributed by atoms with Crippen LogP contribution in [0.3, 0.4) is 0 Å². The summed E-state index contributed by atoms with van der Waals surface area (Å²) in [5, 5.41) is 18.1. The van der Waals surface area contributed by atoms with E-state index in [0.29, 0.717) is 45.8 Å². The Kier molecular flexibility index (Phi) is 11.2. The average molecular weight is 345 g/mol. The Morgan fingerprint density at radius 3 is 1.67 bits per heavy atom. The number of carbonyl (C=O) groups is 3. The highest BCUT2D eigenvalue weighted by Gasteiger charge is 2.24. The number of carboxylic acids is 2. The SMILES string of the molecule is CC.CC(=O)CN1CCN(CC(=O)O)CCN(C(C)C(=O)O)CC1. The topological polar surface area (TPSA) is 101 Å². The van der Waals surface area contributed by atoms with E-state index in [9.17, 15) is 19.5 Å². The Labute approximate surface area is 144 Å². The van der Waals surface area contributed by atoms with Crippen LogP contribution in [0.15, 0.2) is 0 Å². The maximum Gasteiger partial charge on any atom is 0.320 e. The molecule has 0 aliphatic carbocycles. The lowest BCUT2D eigenvalue weighted by Gasteiger charge is -2.28. The number of aliphatic carboxylic acids is 2. The molecule has 1 aliphatic heterocycles. The van der Waals surface area contributed by atoms with E-state index in [1.807, 2.05) is 23.6 Å². The van der Waals surface area contributed by atoms with E-state index >= 15 is 0 Å². The monoisotopic (exact) mass is 345 g/mol. The van der Waals surface area contributed by atoms with Gasteiger partial charge in [-0.25, -0.2) is 0 Å². The second-order valence-electron chi connectivity index (χ2n) is 5.70. The molecule has 140 valence electrons. The van der Waals surface area contributed by atoms with Gasteiger partial charge in [0.2, 0.25) is 0 Å². The third-order valence-corrected chi connectivity index (χ3v) is 3.85. The summed E-state index contributed by atoms with van der Waals surface area (Å²) in [5.41, 5.74) is 0. The number of ketones is 1. The minimum Gasteiger partial charge on any atom is -0.480 e. The molecule has 8 heteroatoms. The zero-order valence-corrected chi connectivity index (χ0v) is 15.2. The first kappa shape index (κ1) is 22.5.